The van der Waals surface area contributed by atoms with Gasteiger partial charge >= 0.3 is 0 Å². The molecule has 0 aliphatic carbocycles. The van der Waals surface area contributed by atoms with Crippen LogP contribution >= 0.6 is 0 Å². The molecule has 0 spiro atoms. The van der Waals surface area contributed by atoms with Crippen molar-refractivity contribution >= 4 is 16.9 Å². The number of aromatic nitrogens is 4. The predicted octanol–water partition coefficient (Wildman–Crippen LogP) is 2.53. The van der Waals surface area contributed by atoms with Crippen molar-refractivity contribution in [3.63, 3.8) is 0 Å². The largest absolute Gasteiger partial charge is 0.354 e. The minimum Gasteiger partial charge on any atom is -0.354 e. The highest BCUT2D eigenvalue weighted by molar-refractivity contribution is 5.76. The van der Waals surface area contributed by atoms with Gasteiger partial charge in [0.15, 0.2) is 5.65 Å². The Bertz CT molecular complexity index is 1250. The van der Waals surface area contributed by atoms with Crippen molar-refractivity contribution in [3.8, 4) is 0 Å². The number of benzene rings is 2. The molecular weight excluding hydrogens is 397 g/mol. The average molecular weight is 419 g/mol. The van der Waals surface area contributed by atoms with E-state index in [0.29, 0.717) is 42.5 Å². The molecule has 2 aromatic heterocycles. The number of hydrogen-bond donors (Lipinski definition) is 1. The molecule has 0 fully saturated rings. The van der Waals surface area contributed by atoms with Crippen molar-refractivity contribution < 1.29 is 9.18 Å². The van der Waals surface area contributed by atoms with Gasteiger partial charge in [0.2, 0.25) is 5.91 Å². The summed E-state index contributed by atoms with van der Waals surface area (Å²) in [5.41, 5.74) is 2.01. The van der Waals surface area contributed by atoms with Gasteiger partial charge < -0.3 is 5.32 Å². The van der Waals surface area contributed by atoms with Crippen molar-refractivity contribution in [3.05, 3.63) is 94.4 Å². The number of nitrogens with one attached hydrogen (secondary N) is 1. The third-order valence-corrected chi connectivity index (χ3v) is 4.99. The van der Waals surface area contributed by atoms with Crippen molar-refractivity contribution in [2.24, 2.45) is 0 Å². The first-order valence-electron chi connectivity index (χ1n) is 10.1. The molecule has 1 N–H and O–H groups in total. The smallest absolute Gasteiger partial charge is 0.264 e. The lowest BCUT2D eigenvalue weighted by molar-refractivity contribution is -0.121. The molecule has 0 unspecified atom stereocenters. The Labute approximate surface area is 178 Å². The van der Waals surface area contributed by atoms with Gasteiger partial charge in [0.05, 0.1) is 19.3 Å². The molecule has 4 rings (SSSR count). The Hall–Kier alpha value is -3.81. The maximum atomic E-state index is 13.4. The van der Waals surface area contributed by atoms with E-state index in [2.05, 4.69) is 15.4 Å². The Balaban J connectivity index is 1.36. The van der Waals surface area contributed by atoms with E-state index in [4.69, 9.17) is 0 Å². The van der Waals surface area contributed by atoms with Gasteiger partial charge in [0, 0.05) is 13.0 Å². The normalized spacial score (nSPS) is 11.0. The number of aryl methyl sites for hydroxylation is 1. The van der Waals surface area contributed by atoms with Gasteiger partial charge in [-0.2, -0.15) is 5.10 Å². The highest BCUT2D eigenvalue weighted by Crippen LogP contribution is 2.08. The molecule has 31 heavy (non-hydrogen) atoms. The van der Waals surface area contributed by atoms with Gasteiger partial charge in [-0.05, 0) is 29.7 Å². The second-order valence-corrected chi connectivity index (χ2v) is 7.25. The number of halogens is 1. The number of fused-ring (bicyclic) bond motifs is 1. The molecule has 0 aliphatic rings. The molecule has 0 saturated heterocycles. The SMILES string of the molecule is O=C(CCc1ccccc1)NCCn1ncc2c(=O)n(Cc3cccc(F)c3)cnc21. The number of nitrogens with zero attached hydrogens (tertiary/aromatic N) is 4. The molecule has 4 aromatic rings. The van der Waals surface area contributed by atoms with E-state index in [1.54, 1.807) is 16.8 Å². The molecule has 158 valence electrons. The average Bonchev–Trinajstić information content (AvgIpc) is 3.19. The van der Waals surface area contributed by atoms with Crippen LogP contribution in [0.1, 0.15) is 17.5 Å². The first-order chi connectivity index (χ1) is 15.1. The van der Waals surface area contributed by atoms with E-state index in [-0.39, 0.29) is 23.8 Å². The molecule has 2 aromatic carbocycles. The standard InChI is InChI=1S/C23H22FN5O2/c24-19-8-4-7-18(13-19)15-28-16-26-22-20(23(28)31)14-27-29(22)12-11-25-21(30)10-9-17-5-2-1-3-6-17/h1-8,13-14,16H,9-12,15H2,(H,25,30). The summed E-state index contributed by atoms with van der Waals surface area (Å²) in [5, 5.41) is 7.50. The maximum Gasteiger partial charge on any atom is 0.264 e. The number of rotatable bonds is 8. The van der Waals surface area contributed by atoms with Gasteiger partial charge in [-0.25, -0.2) is 14.1 Å². The molecule has 8 heteroatoms. The van der Waals surface area contributed by atoms with Crippen LogP contribution in [0.5, 0.6) is 0 Å². The van der Waals surface area contributed by atoms with E-state index in [0.717, 1.165) is 5.56 Å². The summed E-state index contributed by atoms with van der Waals surface area (Å²) in [4.78, 5) is 29.2. The third kappa shape index (κ3) is 5.03. The van der Waals surface area contributed by atoms with Crippen molar-refractivity contribution in [2.75, 3.05) is 6.54 Å². The Morgan fingerprint density at radius 1 is 1.06 bits per heavy atom. The summed E-state index contributed by atoms with van der Waals surface area (Å²) in [5.74, 6) is -0.385. The fraction of sp³-hybridized carbons (Fsp3) is 0.217. The number of carbonyl (C=O) groups excluding carboxylic acids is 1. The first-order valence-corrected chi connectivity index (χ1v) is 10.1. The quantitative estimate of drug-likeness (QED) is 0.476. The van der Waals surface area contributed by atoms with E-state index in [9.17, 15) is 14.0 Å². The summed E-state index contributed by atoms with van der Waals surface area (Å²) in [6.45, 7) is 1.02. The van der Waals surface area contributed by atoms with Gasteiger partial charge in [-0.1, -0.05) is 42.5 Å². The summed E-state index contributed by atoms with van der Waals surface area (Å²) in [6, 6.07) is 16.0. The Morgan fingerprint density at radius 2 is 1.87 bits per heavy atom. The molecule has 0 aliphatic heterocycles. The second-order valence-electron chi connectivity index (χ2n) is 7.25. The molecule has 0 atom stereocenters. The predicted molar refractivity (Wildman–Crippen MR) is 115 cm³/mol. The molecular formula is C23H22FN5O2. The lowest BCUT2D eigenvalue weighted by Crippen LogP contribution is -2.28. The number of carbonyl (C=O) groups is 1. The van der Waals surface area contributed by atoms with Crippen molar-refractivity contribution in [1.29, 1.82) is 0 Å². The van der Waals surface area contributed by atoms with Crippen molar-refractivity contribution in [2.45, 2.75) is 25.9 Å². The molecule has 7 nitrogen and oxygen atoms in total. The van der Waals surface area contributed by atoms with Gasteiger partial charge in [0.1, 0.15) is 17.5 Å². The van der Waals surface area contributed by atoms with E-state index in [1.165, 1.54) is 29.2 Å². The van der Waals surface area contributed by atoms with E-state index in [1.807, 2.05) is 30.3 Å². The minimum absolute atomic E-state index is 0.0364. The molecule has 2 heterocycles. The van der Waals surface area contributed by atoms with Crippen LogP contribution in [0.3, 0.4) is 0 Å². The van der Waals surface area contributed by atoms with Crippen LogP contribution < -0.4 is 10.9 Å². The topological polar surface area (TPSA) is 81.8 Å². The van der Waals surface area contributed by atoms with Crippen LogP contribution in [0.15, 0.2) is 71.9 Å². The van der Waals surface area contributed by atoms with Crippen molar-refractivity contribution in [1.82, 2.24) is 24.6 Å². The summed E-state index contributed by atoms with van der Waals surface area (Å²) < 4.78 is 16.4. The third-order valence-electron chi connectivity index (χ3n) is 4.99. The minimum atomic E-state index is -0.349. The van der Waals surface area contributed by atoms with Gasteiger partial charge in [0.25, 0.3) is 5.56 Å². The second kappa shape index (κ2) is 9.34. The summed E-state index contributed by atoms with van der Waals surface area (Å²) in [7, 11) is 0. The lowest BCUT2D eigenvalue weighted by Gasteiger charge is -2.08. The summed E-state index contributed by atoms with van der Waals surface area (Å²) >= 11 is 0. The zero-order valence-corrected chi connectivity index (χ0v) is 16.9. The van der Waals surface area contributed by atoms with Gasteiger partial charge in [-0.3, -0.25) is 14.2 Å². The van der Waals surface area contributed by atoms with Crippen LogP contribution in [-0.2, 0) is 24.3 Å². The van der Waals surface area contributed by atoms with E-state index >= 15 is 0 Å². The fourth-order valence-electron chi connectivity index (χ4n) is 3.40. The zero-order valence-electron chi connectivity index (χ0n) is 16.9. The highest BCUT2D eigenvalue weighted by atomic mass is 19.1. The monoisotopic (exact) mass is 419 g/mol. The molecule has 1 amide bonds. The Morgan fingerprint density at radius 3 is 2.68 bits per heavy atom. The van der Waals surface area contributed by atoms with Crippen LogP contribution in [0.25, 0.3) is 11.0 Å². The van der Waals surface area contributed by atoms with Crippen LogP contribution in [0.4, 0.5) is 4.39 Å². The lowest BCUT2D eigenvalue weighted by atomic mass is 10.1. The molecule has 0 bridgehead atoms. The molecule has 0 radical (unpaired) electrons. The Kier molecular flexibility index (Phi) is 6.16. The first kappa shape index (κ1) is 20.5. The van der Waals surface area contributed by atoms with Crippen LogP contribution in [-0.4, -0.2) is 31.8 Å². The number of amides is 1. The number of hydrogen-bond acceptors (Lipinski definition) is 4. The maximum absolute atomic E-state index is 13.4. The zero-order chi connectivity index (χ0) is 21.6. The van der Waals surface area contributed by atoms with Crippen LogP contribution in [0.2, 0.25) is 0 Å². The highest BCUT2D eigenvalue weighted by Gasteiger charge is 2.11. The summed E-state index contributed by atoms with van der Waals surface area (Å²) in [6.07, 6.45) is 4.01. The van der Waals surface area contributed by atoms with Gasteiger partial charge in [-0.15, -0.1) is 0 Å². The van der Waals surface area contributed by atoms with Crippen LogP contribution in [0, 0.1) is 5.82 Å². The fourth-order valence-corrected chi connectivity index (χ4v) is 3.40. The van der Waals surface area contributed by atoms with E-state index < -0.39 is 0 Å². The molecule has 0 saturated carbocycles.